The molecule has 0 saturated heterocycles. The summed E-state index contributed by atoms with van der Waals surface area (Å²) in [5, 5.41) is 12.0. The molecule has 7 aromatic carbocycles. The van der Waals surface area contributed by atoms with Crippen molar-refractivity contribution in [2.75, 3.05) is 0 Å². The highest BCUT2D eigenvalue weighted by molar-refractivity contribution is 6.06. The van der Waals surface area contributed by atoms with Crippen LogP contribution >= 0.6 is 0 Å². The van der Waals surface area contributed by atoms with Gasteiger partial charge in [0.25, 0.3) is 0 Å². The van der Waals surface area contributed by atoms with E-state index in [1.807, 2.05) is 113 Å². The van der Waals surface area contributed by atoms with E-state index < -0.39 is 0 Å². The molecule has 10 aromatic heterocycles. The van der Waals surface area contributed by atoms with Gasteiger partial charge in [-0.05, 0) is 251 Å². The molecule has 0 aliphatic carbocycles. The summed E-state index contributed by atoms with van der Waals surface area (Å²) in [5.41, 5.74) is 30.0. The average molecular weight is 1280 g/mol. The van der Waals surface area contributed by atoms with Gasteiger partial charge in [-0.25, -0.2) is 0 Å². The van der Waals surface area contributed by atoms with Gasteiger partial charge in [0.15, 0.2) is 0 Å². The summed E-state index contributed by atoms with van der Waals surface area (Å²) >= 11 is 0. The van der Waals surface area contributed by atoms with Gasteiger partial charge in [-0.1, -0.05) is 109 Å². The number of pyridine rings is 10. The fourth-order valence-electron chi connectivity index (χ4n) is 12.5. The molecule has 0 bridgehead atoms. The summed E-state index contributed by atoms with van der Waals surface area (Å²) in [6.07, 6.45) is 11.0. The number of hydrogen-bond acceptors (Lipinski definition) is 10. The molecule has 0 saturated carbocycles. The molecule has 10 heteroatoms. The predicted octanol–water partition coefficient (Wildman–Crippen LogP) is 22.2. The minimum atomic E-state index is 1.00. The highest BCUT2D eigenvalue weighted by Gasteiger charge is 2.11. The Balaban J connectivity index is 0.000000116. The van der Waals surface area contributed by atoms with Crippen LogP contribution in [0.5, 0.6) is 0 Å². The van der Waals surface area contributed by atoms with Gasteiger partial charge in [-0.15, -0.1) is 0 Å². The third-order valence-corrected chi connectivity index (χ3v) is 18.0. The van der Waals surface area contributed by atoms with Gasteiger partial charge in [0, 0.05) is 114 Å². The maximum atomic E-state index is 4.68. The van der Waals surface area contributed by atoms with E-state index in [0.717, 1.165) is 88.7 Å². The topological polar surface area (TPSA) is 129 Å². The fourth-order valence-corrected chi connectivity index (χ4v) is 12.5. The van der Waals surface area contributed by atoms with Crippen molar-refractivity contribution < 1.29 is 0 Å². The molecule has 10 nitrogen and oxygen atoms in total. The number of rotatable bonds is 0. The molecule has 0 radical (unpaired) electrons. The summed E-state index contributed by atoms with van der Waals surface area (Å²) in [6.45, 7) is 33.4. The zero-order valence-corrected chi connectivity index (χ0v) is 59.3. The molecule has 17 rings (SSSR count). The van der Waals surface area contributed by atoms with Crippen LogP contribution in [0.2, 0.25) is 0 Å². The van der Waals surface area contributed by atoms with Gasteiger partial charge in [0.05, 0.1) is 55.2 Å². The lowest BCUT2D eigenvalue weighted by Gasteiger charge is -2.09. The van der Waals surface area contributed by atoms with Gasteiger partial charge in [0.2, 0.25) is 0 Å². The van der Waals surface area contributed by atoms with E-state index in [-0.39, 0.29) is 0 Å². The molecule has 0 fully saturated rings. The summed E-state index contributed by atoms with van der Waals surface area (Å²) in [4.78, 5) is 44.7. The van der Waals surface area contributed by atoms with Crippen LogP contribution in [0, 0.1) is 111 Å². The Labute approximate surface area is 575 Å². The summed E-state index contributed by atoms with van der Waals surface area (Å²) < 4.78 is 0. The minimum Gasteiger partial charge on any atom is -0.256 e. The Morgan fingerprint density at radius 2 is 0.592 bits per heavy atom. The van der Waals surface area contributed by atoms with Crippen molar-refractivity contribution >= 4 is 109 Å². The second-order valence-electron chi connectivity index (χ2n) is 25.7. The average Bonchev–Trinajstić information content (AvgIpc) is 0.737. The lowest BCUT2D eigenvalue weighted by Crippen LogP contribution is -1.93. The molecule has 0 atom stereocenters. The Morgan fingerprint density at radius 3 is 1.15 bits per heavy atom. The standard InChI is InChI=1S/C16H16N2.2C14H12N2.4C11H11N/c1-9-7-11(3)17-15-13(9)5-6-14-10(2)8-12(4)18-16(14)15;1-9-3-5-11-7-8-12-6-4-10(2)16-14(12)13(11)15-9;1-9-5-7-15-13-11(9)3-4-12-10(2)6-8-16-14(12)13;1-8-5-6-10-4-3-7-12-11(10)9(8)2;1-8-5-6-9(2)11-10(8)4-3-7-12-11;1-8-6-10-4-3-5-12-11(10)7-9(8)2;1-8-6-9(2)11-10(7-8)4-3-5-12-11/h5-8H,1-4H3;2*3-8H,1-2H3;4*3-7H,1-2H3. The lowest BCUT2D eigenvalue weighted by molar-refractivity contribution is 1.21. The third kappa shape index (κ3) is 15.5. The quantitative estimate of drug-likeness (QED) is 0.135. The second kappa shape index (κ2) is 30.2. The Hall–Kier alpha value is -11.4. The molecule has 0 aliphatic heterocycles. The molecule has 0 unspecified atom stereocenters. The van der Waals surface area contributed by atoms with Gasteiger partial charge < -0.3 is 0 Å². The first-order valence-electron chi connectivity index (χ1n) is 33.3. The maximum absolute atomic E-state index is 4.68. The predicted molar refractivity (Wildman–Crippen MR) is 414 cm³/mol. The van der Waals surface area contributed by atoms with Crippen LogP contribution in [-0.4, -0.2) is 49.8 Å². The van der Waals surface area contributed by atoms with Crippen LogP contribution in [-0.2, 0) is 0 Å². The van der Waals surface area contributed by atoms with Gasteiger partial charge in [-0.3, -0.25) is 49.8 Å². The normalized spacial score (nSPS) is 10.9. The number of hydrogen-bond donors (Lipinski definition) is 0. The molecule has 0 aliphatic rings. The molecular formula is C88H84N10. The SMILES string of the molecule is Cc1cc(C)c2ccc3c(C)cc(C)nc3c2n1.Cc1cc(C)c2ncccc2c1.Cc1cc2cccnc2cc1C.Cc1ccc(C)c2ncccc12.Cc1ccc2ccc3ccc(C)nc3c2n1.Cc1ccc2cccnc2c1C.Cc1ccnc2c1ccc1c(C)ccnc12. The van der Waals surface area contributed by atoms with Gasteiger partial charge in [-0.2, -0.15) is 0 Å². The van der Waals surface area contributed by atoms with Crippen LogP contribution in [0.4, 0.5) is 0 Å². The van der Waals surface area contributed by atoms with Crippen LogP contribution in [0.15, 0.2) is 219 Å². The van der Waals surface area contributed by atoms with Crippen LogP contribution in [0.25, 0.3) is 109 Å². The number of aryl methyl sites for hydroxylation is 16. The second-order valence-corrected chi connectivity index (χ2v) is 25.7. The number of fused-ring (bicyclic) bond motifs is 13. The van der Waals surface area contributed by atoms with Crippen LogP contribution < -0.4 is 0 Å². The largest absolute Gasteiger partial charge is 0.256 e. The third-order valence-electron chi connectivity index (χ3n) is 18.0. The molecule has 0 amide bonds. The molecule has 10 heterocycles. The first kappa shape index (κ1) is 68.0. The number of benzene rings is 7. The highest BCUT2D eigenvalue weighted by atomic mass is 14.8. The monoisotopic (exact) mass is 1280 g/mol. The van der Waals surface area contributed by atoms with E-state index in [1.54, 1.807) is 0 Å². The fraction of sp³-hybridized carbons (Fsp3) is 0.182. The van der Waals surface area contributed by atoms with Crippen molar-refractivity contribution in [2.45, 2.75) is 111 Å². The van der Waals surface area contributed by atoms with Crippen LogP contribution in [0.1, 0.15) is 89.5 Å². The van der Waals surface area contributed by atoms with Crippen molar-refractivity contribution in [3.63, 3.8) is 0 Å². The highest BCUT2D eigenvalue weighted by Crippen LogP contribution is 2.30. The molecule has 98 heavy (non-hydrogen) atoms. The molecule has 17 aromatic rings. The smallest absolute Gasteiger partial charge is 0.0970 e. The Kier molecular flexibility index (Phi) is 20.9. The minimum absolute atomic E-state index is 1.00. The summed E-state index contributed by atoms with van der Waals surface area (Å²) in [5.74, 6) is 0. The van der Waals surface area contributed by atoms with Gasteiger partial charge in [0.1, 0.15) is 0 Å². The van der Waals surface area contributed by atoms with E-state index in [2.05, 4.69) is 266 Å². The van der Waals surface area contributed by atoms with Crippen molar-refractivity contribution in [2.24, 2.45) is 0 Å². The van der Waals surface area contributed by atoms with Crippen molar-refractivity contribution in [1.82, 2.24) is 49.8 Å². The molecule has 0 spiro atoms. The van der Waals surface area contributed by atoms with E-state index in [1.165, 1.54) is 110 Å². The Morgan fingerprint density at radius 1 is 0.194 bits per heavy atom. The van der Waals surface area contributed by atoms with Crippen LogP contribution in [0.3, 0.4) is 0 Å². The number of nitrogens with zero attached hydrogens (tertiary/aromatic N) is 10. The van der Waals surface area contributed by atoms with E-state index in [0.29, 0.717) is 0 Å². The molecule has 486 valence electrons. The molecule has 0 N–H and O–H groups in total. The Bertz CT molecular complexity index is 5510. The van der Waals surface area contributed by atoms with Crippen molar-refractivity contribution in [1.29, 1.82) is 0 Å². The zero-order valence-electron chi connectivity index (χ0n) is 59.3. The summed E-state index contributed by atoms with van der Waals surface area (Å²) in [6, 6.07) is 62.8. The lowest BCUT2D eigenvalue weighted by atomic mass is 10.0. The zero-order chi connectivity index (χ0) is 69.3. The number of aromatic nitrogens is 10. The van der Waals surface area contributed by atoms with Crippen molar-refractivity contribution in [3.05, 3.63) is 309 Å². The molecular weight excluding hydrogens is 1200 g/mol. The van der Waals surface area contributed by atoms with E-state index >= 15 is 0 Å². The first-order valence-corrected chi connectivity index (χ1v) is 33.3. The van der Waals surface area contributed by atoms with Crippen molar-refractivity contribution in [3.8, 4) is 0 Å². The summed E-state index contributed by atoms with van der Waals surface area (Å²) in [7, 11) is 0. The van der Waals surface area contributed by atoms with E-state index in [9.17, 15) is 0 Å². The van der Waals surface area contributed by atoms with Gasteiger partial charge >= 0.3 is 0 Å². The first-order chi connectivity index (χ1) is 47.2. The van der Waals surface area contributed by atoms with E-state index in [4.69, 9.17) is 0 Å². The maximum Gasteiger partial charge on any atom is 0.0970 e.